The molecule has 0 aliphatic rings. The van der Waals surface area contributed by atoms with Gasteiger partial charge in [-0.25, -0.2) is 9.37 Å². The number of rotatable bonds is 6. The van der Waals surface area contributed by atoms with Crippen LogP contribution in [-0.4, -0.2) is 31.0 Å². The number of nitrogens with zero attached hydrogens (tertiary/aromatic N) is 1. The van der Waals surface area contributed by atoms with Crippen molar-refractivity contribution in [1.29, 1.82) is 0 Å². The molecule has 0 radical (unpaired) electrons. The summed E-state index contributed by atoms with van der Waals surface area (Å²) in [7, 11) is 1.16. The van der Waals surface area contributed by atoms with Crippen LogP contribution in [0.25, 0.3) is 0 Å². The molecular formula is C12H13F4NO4. The first-order chi connectivity index (χ1) is 9.82. The molecule has 0 unspecified atom stereocenters. The minimum absolute atomic E-state index is 0.0485. The minimum atomic E-state index is -5.04. The second-order valence-electron chi connectivity index (χ2n) is 3.76. The molecule has 0 amide bonds. The van der Waals surface area contributed by atoms with E-state index >= 15 is 0 Å². The summed E-state index contributed by atoms with van der Waals surface area (Å²) in [5, 5.41) is 0. The molecule has 5 nitrogen and oxygen atoms in total. The minimum Gasteiger partial charge on any atom is -0.481 e. The van der Waals surface area contributed by atoms with Gasteiger partial charge >= 0.3 is 12.3 Å². The molecule has 1 aromatic rings. The monoisotopic (exact) mass is 311 g/mol. The first-order valence-corrected chi connectivity index (χ1v) is 5.84. The molecule has 1 aromatic heterocycles. The van der Waals surface area contributed by atoms with E-state index in [0.717, 1.165) is 13.3 Å². The lowest BCUT2D eigenvalue weighted by Gasteiger charge is -2.17. The molecule has 21 heavy (non-hydrogen) atoms. The maximum atomic E-state index is 12.8. The molecule has 0 atom stereocenters. The highest BCUT2D eigenvalue weighted by molar-refractivity contribution is 5.74. The molecule has 1 rings (SSSR count). The molecule has 0 fully saturated rings. The van der Waals surface area contributed by atoms with Gasteiger partial charge < -0.3 is 14.2 Å². The third-order valence-electron chi connectivity index (χ3n) is 2.34. The van der Waals surface area contributed by atoms with E-state index in [1.807, 2.05) is 0 Å². The van der Waals surface area contributed by atoms with Crippen LogP contribution in [0.1, 0.15) is 18.1 Å². The number of esters is 1. The van der Waals surface area contributed by atoms with E-state index in [9.17, 15) is 22.4 Å². The number of pyridine rings is 1. The third kappa shape index (κ3) is 4.76. The van der Waals surface area contributed by atoms with Gasteiger partial charge in [0.05, 0.1) is 25.7 Å². The quantitative estimate of drug-likeness (QED) is 0.597. The summed E-state index contributed by atoms with van der Waals surface area (Å²) in [6.07, 6.45) is -4.77. The zero-order chi connectivity index (χ0) is 16.0. The normalized spacial score (nSPS) is 11.1. The second-order valence-corrected chi connectivity index (χ2v) is 3.76. The van der Waals surface area contributed by atoms with E-state index < -0.39 is 36.7 Å². The van der Waals surface area contributed by atoms with Crippen LogP contribution in [0.2, 0.25) is 0 Å². The number of hydrogen-bond acceptors (Lipinski definition) is 5. The van der Waals surface area contributed by atoms with E-state index in [-0.39, 0.29) is 18.1 Å². The number of carbonyl (C=O) groups excluding carboxylic acids is 1. The number of alkyl halides is 4. The Morgan fingerprint density at radius 2 is 2.05 bits per heavy atom. The molecular weight excluding hydrogens is 298 g/mol. The van der Waals surface area contributed by atoms with Crippen LogP contribution in [0.5, 0.6) is 11.6 Å². The molecule has 0 aliphatic heterocycles. The predicted octanol–water partition coefficient (Wildman–Crippen LogP) is 2.56. The largest absolute Gasteiger partial charge is 0.573 e. The fourth-order valence-corrected chi connectivity index (χ4v) is 1.59. The highest BCUT2D eigenvalue weighted by atomic mass is 19.4. The average molecular weight is 311 g/mol. The van der Waals surface area contributed by atoms with Crippen LogP contribution >= 0.6 is 0 Å². The highest BCUT2D eigenvalue weighted by Crippen LogP contribution is 2.35. The lowest BCUT2D eigenvalue weighted by molar-refractivity contribution is -0.275. The molecule has 0 saturated heterocycles. The average Bonchev–Trinajstić information content (AvgIpc) is 2.39. The van der Waals surface area contributed by atoms with Gasteiger partial charge in [-0.1, -0.05) is 0 Å². The van der Waals surface area contributed by atoms with Gasteiger partial charge in [-0.15, -0.1) is 13.2 Å². The summed E-state index contributed by atoms with van der Waals surface area (Å²) >= 11 is 0. The number of halogens is 4. The van der Waals surface area contributed by atoms with Crippen LogP contribution in [0.3, 0.4) is 0 Å². The van der Waals surface area contributed by atoms with Crippen LogP contribution in [0.4, 0.5) is 17.6 Å². The maximum absolute atomic E-state index is 12.8. The molecule has 0 N–H and O–H groups in total. The van der Waals surface area contributed by atoms with Gasteiger partial charge in [0.15, 0.2) is 0 Å². The Kier molecular flexibility index (Phi) is 5.74. The van der Waals surface area contributed by atoms with E-state index in [1.165, 1.54) is 0 Å². The Bertz CT molecular complexity index is 505. The Morgan fingerprint density at radius 3 is 2.52 bits per heavy atom. The van der Waals surface area contributed by atoms with Crippen LogP contribution < -0.4 is 9.47 Å². The van der Waals surface area contributed by atoms with Crippen molar-refractivity contribution in [3.05, 3.63) is 17.3 Å². The van der Waals surface area contributed by atoms with E-state index in [2.05, 4.69) is 14.5 Å². The Balaban J connectivity index is 3.29. The summed E-state index contributed by atoms with van der Waals surface area (Å²) in [5.41, 5.74) is -0.754. The Hall–Kier alpha value is -2.06. The van der Waals surface area contributed by atoms with E-state index in [1.54, 1.807) is 6.92 Å². The fourth-order valence-electron chi connectivity index (χ4n) is 1.59. The van der Waals surface area contributed by atoms with Crippen LogP contribution in [-0.2, 0) is 22.6 Å². The van der Waals surface area contributed by atoms with E-state index in [0.29, 0.717) is 0 Å². The van der Waals surface area contributed by atoms with Gasteiger partial charge in [-0.05, 0) is 6.92 Å². The van der Waals surface area contributed by atoms with Crippen molar-refractivity contribution < 1.29 is 36.6 Å². The standard InChI is InChI=1S/C12H13F4NO4/c1-3-20-9(18)4-8-10(21-12(14,15)16)7(5-13)6-17-11(8)19-2/h6H,3-5H2,1-2H3. The van der Waals surface area contributed by atoms with Gasteiger partial charge in [0.1, 0.15) is 12.4 Å². The molecule has 0 saturated carbocycles. The molecule has 0 aromatic carbocycles. The van der Waals surface area contributed by atoms with Crippen molar-refractivity contribution in [3.8, 4) is 11.6 Å². The van der Waals surface area contributed by atoms with Crippen molar-refractivity contribution >= 4 is 5.97 Å². The van der Waals surface area contributed by atoms with Gasteiger partial charge in [0, 0.05) is 11.8 Å². The van der Waals surface area contributed by atoms with Crippen LogP contribution in [0.15, 0.2) is 6.20 Å². The van der Waals surface area contributed by atoms with Crippen molar-refractivity contribution in [1.82, 2.24) is 4.98 Å². The third-order valence-corrected chi connectivity index (χ3v) is 2.34. The zero-order valence-electron chi connectivity index (χ0n) is 11.3. The van der Waals surface area contributed by atoms with Crippen molar-refractivity contribution in [3.63, 3.8) is 0 Å². The van der Waals surface area contributed by atoms with Gasteiger partial charge in [0.25, 0.3) is 0 Å². The predicted molar refractivity (Wildman–Crippen MR) is 62.6 cm³/mol. The topological polar surface area (TPSA) is 57.7 Å². The molecule has 0 aliphatic carbocycles. The summed E-state index contributed by atoms with van der Waals surface area (Å²) < 4.78 is 63.4. The first-order valence-electron chi connectivity index (χ1n) is 5.84. The first kappa shape index (κ1) is 17.0. The smallest absolute Gasteiger partial charge is 0.481 e. The molecule has 0 spiro atoms. The zero-order valence-corrected chi connectivity index (χ0v) is 11.3. The van der Waals surface area contributed by atoms with Crippen LogP contribution in [0, 0.1) is 0 Å². The van der Waals surface area contributed by atoms with E-state index in [4.69, 9.17) is 4.74 Å². The van der Waals surface area contributed by atoms with Crippen molar-refractivity contribution in [2.45, 2.75) is 26.4 Å². The number of ether oxygens (including phenoxy) is 3. The SMILES string of the molecule is CCOC(=O)Cc1c(OC)ncc(CF)c1OC(F)(F)F. The van der Waals surface area contributed by atoms with Gasteiger partial charge in [-0.3, -0.25) is 4.79 Å². The lowest BCUT2D eigenvalue weighted by atomic mass is 10.1. The molecule has 9 heteroatoms. The summed E-state index contributed by atoms with van der Waals surface area (Å²) in [4.78, 5) is 15.1. The number of methoxy groups -OCH3 is 1. The summed E-state index contributed by atoms with van der Waals surface area (Å²) in [6, 6.07) is 0. The van der Waals surface area contributed by atoms with Crippen molar-refractivity contribution in [2.24, 2.45) is 0 Å². The molecule has 1 heterocycles. The van der Waals surface area contributed by atoms with Gasteiger partial charge in [0.2, 0.25) is 5.88 Å². The highest BCUT2D eigenvalue weighted by Gasteiger charge is 2.35. The second kappa shape index (κ2) is 7.09. The maximum Gasteiger partial charge on any atom is 0.573 e. The number of aromatic nitrogens is 1. The lowest BCUT2D eigenvalue weighted by Crippen LogP contribution is -2.21. The Morgan fingerprint density at radius 1 is 1.38 bits per heavy atom. The summed E-state index contributed by atoms with van der Waals surface area (Å²) in [5.74, 6) is -1.90. The Labute approximate surface area is 117 Å². The summed E-state index contributed by atoms with van der Waals surface area (Å²) in [6.45, 7) is 0.351. The van der Waals surface area contributed by atoms with Gasteiger partial charge in [-0.2, -0.15) is 0 Å². The number of carbonyl (C=O) groups is 1. The fraction of sp³-hybridized carbons (Fsp3) is 0.500. The molecule has 0 bridgehead atoms. The van der Waals surface area contributed by atoms with Crippen molar-refractivity contribution in [2.75, 3.05) is 13.7 Å². The molecule has 118 valence electrons. The number of hydrogen-bond donors (Lipinski definition) is 0.